The number of rotatable bonds is 6. The van der Waals surface area contributed by atoms with Gasteiger partial charge in [0.05, 0.1) is 11.1 Å². The molecule has 36 heavy (non-hydrogen) atoms. The number of halogens is 3. The van der Waals surface area contributed by atoms with Crippen LogP contribution in [0.1, 0.15) is 36.2 Å². The lowest BCUT2D eigenvalue weighted by atomic mass is 10.1. The molecule has 2 heterocycles. The van der Waals surface area contributed by atoms with Crippen molar-refractivity contribution >= 4 is 77.2 Å². The molecule has 0 radical (unpaired) electrons. The smallest absolute Gasteiger partial charge is 0.336 e. The van der Waals surface area contributed by atoms with E-state index >= 15 is 0 Å². The molecule has 196 valence electrons. The highest BCUT2D eigenvalue weighted by atomic mass is 35.5. The van der Waals surface area contributed by atoms with Gasteiger partial charge in [0.1, 0.15) is 5.82 Å². The molecule has 1 fully saturated rings. The molecule has 1 aliphatic heterocycles. The fourth-order valence-electron chi connectivity index (χ4n) is 4.23. The number of carboxylic acid groups (broad SMARTS) is 1. The van der Waals surface area contributed by atoms with Crippen LogP contribution in [0.3, 0.4) is 0 Å². The normalized spacial score (nSPS) is 12.9. The minimum absolute atomic E-state index is 0. The van der Waals surface area contributed by atoms with Gasteiger partial charge in [-0.2, -0.15) is 0 Å². The van der Waals surface area contributed by atoms with Crippen LogP contribution in [0.2, 0.25) is 0 Å². The minimum Gasteiger partial charge on any atom is -0.478 e. The van der Waals surface area contributed by atoms with E-state index < -0.39 is 5.97 Å². The first-order valence-corrected chi connectivity index (χ1v) is 11.3. The SMILES string of the molecule is Cc1cccc(N2CCN(c3cc(C(=O)O)c4cc(NC(=O)CC(C)C)ccc4n3)CC2)c1.Cl.Cl.Cl. The largest absolute Gasteiger partial charge is 0.478 e. The molecule has 10 heteroatoms. The van der Waals surface area contributed by atoms with Crippen LogP contribution in [0.4, 0.5) is 17.2 Å². The molecule has 3 aromatic rings. The van der Waals surface area contributed by atoms with Gasteiger partial charge in [-0.25, -0.2) is 9.78 Å². The molecular formula is C26H33Cl3N4O3. The maximum Gasteiger partial charge on any atom is 0.336 e. The Labute approximate surface area is 230 Å². The van der Waals surface area contributed by atoms with Crippen LogP contribution in [-0.2, 0) is 4.79 Å². The number of nitrogens with one attached hydrogen (secondary N) is 1. The molecule has 0 bridgehead atoms. The Bertz CT molecular complexity index is 1200. The summed E-state index contributed by atoms with van der Waals surface area (Å²) in [6.45, 7) is 9.25. The summed E-state index contributed by atoms with van der Waals surface area (Å²) in [7, 11) is 0. The van der Waals surface area contributed by atoms with Crippen LogP contribution >= 0.6 is 37.2 Å². The van der Waals surface area contributed by atoms with E-state index in [1.807, 2.05) is 13.8 Å². The Kier molecular flexibility index (Phi) is 11.8. The average Bonchev–Trinajstić information content (AvgIpc) is 2.78. The molecule has 7 nitrogen and oxygen atoms in total. The maximum atomic E-state index is 12.1. The van der Waals surface area contributed by atoms with E-state index in [0.717, 1.165) is 26.2 Å². The lowest BCUT2D eigenvalue weighted by Crippen LogP contribution is -2.46. The Hall–Kier alpha value is -2.74. The van der Waals surface area contributed by atoms with Crippen molar-refractivity contribution in [2.75, 3.05) is 41.3 Å². The van der Waals surface area contributed by atoms with Gasteiger partial charge in [0, 0.05) is 49.4 Å². The number of aromatic nitrogens is 1. The summed E-state index contributed by atoms with van der Waals surface area (Å²) in [5.41, 5.74) is 3.82. The monoisotopic (exact) mass is 554 g/mol. The summed E-state index contributed by atoms with van der Waals surface area (Å²) in [5.74, 6) is -0.180. The third-order valence-electron chi connectivity index (χ3n) is 5.87. The number of aromatic carboxylic acids is 1. The first kappa shape index (κ1) is 31.3. The molecule has 0 atom stereocenters. The van der Waals surface area contributed by atoms with Crippen LogP contribution < -0.4 is 15.1 Å². The number of amides is 1. The summed E-state index contributed by atoms with van der Waals surface area (Å²) in [6, 6.07) is 15.4. The highest BCUT2D eigenvalue weighted by Crippen LogP contribution is 2.28. The molecule has 2 aromatic carbocycles. The number of aryl methyl sites for hydroxylation is 1. The number of carbonyl (C=O) groups excluding carboxylic acids is 1. The number of benzene rings is 2. The van der Waals surface area contributed by atoms with Crippen LogP contribution in [-0.4, -0.2) is 48.1 Å². The summed E-state index contributed by atoms with van der Waals surface area (Å²) < 4.78 is 0. The molecule has 0 saturated carbocycles. The third-order valence-corrected chi connectivity index (χ3v) is 5.87. The zero-order valence-electron chi connectivity index (χ0n) is 20.6. The highest BCUT2D eigenvalue weighted by molar-refractivity contribution is 6.05. The van der Waals surface area contributed by atoms with Crippen LogP contribution in [0, 0.1) is 12.8 Å². The summed E-state index contributed by atoms with van der Waals surface area (Å²) >= 11 is 0. The van der Waals surface area contributed by atoms with Crippen LogP contribution in [0.5, 0.6) is 0 Å². The first-order valence-electron chi connectivity index (χ1n) is 11.3. The molecule has 1 saturated heterocycles. The van der Waals surface area contributed by atoms with E-state index in [9.17, 15) is 14.7 Å². The fourth-order valence-corrected chi connectivity index (χ4v) is 4.23. The standard InChI is InChI=1S/C26H30N4O3.3ClH/c1-17(2)13-25(31)27-19-7-8-23-21(15-19)22(26(32)33)16-24(28-23)30-11-9-29(10-12-30)20-6-4-5-18(3)14-20;;;/h4-8,14-17H,9-13H2,1-3H3,(H,27,31)(H,32,33);3*1H. The topological polar surface area (TPSA) is 85.8 Å². The average molecular weight is 556 g/mol. The molecule has 0 unspecified atom stereocenters. The zero-order chi connectivity index (χ0) is 23.5. The van der Waals surface area contributed by atoms with Crippen molar-refractivity contribution in [3.63, 3.8) is 0 Å². The number of piperazine rings is 1. The number of carboxylic acids is 1. The Morgan fingerprint density at radius 2 is 1.64 bits per heavy atom. The van der Waals surface area contributed by atoms with Crippen molar-refractivity contribution in [3.8, 4) is 0 Å². The number of hydrogen-bond acceptors (Lipinski definition) is 5. The summed E-state index contributed by atoms with van der Waals surface area (Å²) in [6.07, 6.45) is 0.412. The van der Waals surface area contributed by atoms with Gasteiger partial charge in [-0.05, 0) is 54.8 Å². The van der Waals surface area contributed by atoms with Gasteiger partial charge in [-0.15, -0.1) is 37.2 Å². The van der Waals surface area contributed by atoms with Crippen molar-refractivity contribution in [2.45, 2.75) is 27.2 Å². The molecular weight excluding hydrogens is 523 g/mol. The fraction of sp³-hybridized carbons (Fsp3) is 0.346. The Morgan fingerprint density at radius 1 is 0.972 bits per heavy atom. The Morgan fingerprint density at radius 3 is 2.25 bits per heavy atom. The van der Waals surface area contributed by atoms with Gasteiger partial charge < -0.3 is 20.2 Å². The summed E-state index contributed by atoms with van der Waals surface area (Å²) in [4.78, 5) is 33.4. The van der Waals surface area contributed by atoms with Gasteiger partial charge in [0.15, 0.2) is 0 Å². The van der Waals surface area contributed by atoms with Crippen LogP contribution in [0.25, 0.3) is 10.9 Å². The molecule has 1 aliphatic rings. The molecule has 4 rings (SSSR count). The molecule has 0 aliphatic carbocycles. The van der Waals surface area contributed by atoms with Crippen molar-refractivity contribution in [3.05, 3.63) is 59.7 Å². The minimum atomic E-state index is -1.01. The first-order chi connectivity index (χ1) is 15.8. The Balaban J connectivity index is 0.00000216. The van der Waals surface area contributed by atoms with Gasteiger partial charge in [0.2, 0.25) is 5.91 Å². The van der Waals surface area contributed by atoms with Crippen LogP contribution in [0.15, 0.2) is 48.5 Å². The van der Waals surface area contributed by atoms with E-state index in [0.29, 0.717) is 28.8 Å². The van der Waals surface area contributed by atoms with Crippen molar-refractivity contribution in [2.24, 2.45) is 5.92 Å². The lowest BCUT2D eigenvalue weighted by Gasteiger charge is -2.37. The van der Waals surface area contributed by atoms with Gasteiger partial charge in [-0.3, -0.25) is 4.79 Å². The maximum absolute atomic E-state index is 12.1. The zero-order valence-corrected chi connectivity index (χ0v) is 23.0. The molecule has 2 N–H and O–H groups in total. The predicted molar refractivity (Wildman–Crippen MR) is 154 cm³/mol. The third kappa shape index (κ3) is 7.38. The van der Waals surface area contributed by atoms with Gasteiger partial charge in [-0.1, -0.05) is 26.0 Å². The van der Waals surface area contributed by atoms with E-state index in [1.54, 1.807) is 24.3 Å². The number of pyridine rings is 1. The molecule has 1 aromatic heterocycles. The second-order valence-corrected chi connectivity index (χ2v) is 9.02. The summed E-state index contributed by atoms with van der Waals surface area (Å²) in [5, 5.41) is 13.3. The van der Waals surface area contributed by atoms with Crippen molar-refractivity contribution < 1.29 is 14.7 Å². The number of fused-ring (bicyclic) bond motifs is 1. The quantitative estimate of drug-likeness (QED) is 0.399. The van der Waals surface area contributed by atoms with E-state index in [-0.39, 0.29) is 54.6 Å². The second kappa shape index (κ2) is 13.5. The lowest BCUT2D eigenvalue weighted by molar-refractivity contribution is -0.116. The number of carbonyl (C=O) groups is 2. The molecule has 0 spiro atoms. The van der Waals surface area contributed by atoms with Gasteiger partial charge in [0.25, 0.3) is 0 Å². The molecule has 1 amide bonds. The van der Waals surface area contributed by atoms with Crippen molar-refractivity contribution in [1.82, 2.24) is 4.98 Å². The number of anilines is 3. The van der Waals surface area contributed by atoms with E-state index in [4.69, 9.17) is 4.98 Å². The van der Waals surface area contributed by atoms with E-state index in [1.165, 1.54) is 11.3 Å². The second-order valence-electron chi connectivity index (χ2n) is 9.02. The predicted octanol–water partition coefficient (Wildman–Crippen LogP) is 5.82. The number of nitrogens with zero attached hydrogens (tertiary/aromatic N) is 3. The van der Waals surface area contributed by atoms with Crippen molar-refractivity contribution in [1.29, 1.82) is 0 Å². The van der Waals surface area contributed by atoms with Gasteiger partial charge >= 0.3 is 5.97 Å². The highest BCUT2D eigenvalue weighted by Gasteiger charge is 2.21. The van der Waals surface area contributed by atoms with E-state index in [2.05, 4.69) is 46.3 Å². The number of hydrogen-bond donors (Lipinski definition) is 2.